The number of benzene rings is 8. The van der Waals surface area contributed by atoms with Gasteiger partial charge in [0.15, 0.2) is 0 Å². The molecule has 0 radical (unpaired) electrons. The van der Waals surface area contributed by atoms with Crippen molar-refractivity contribution in [1.29, 1.82) is 0 Å². The number of hydrogen-bond donors (Lipinski definition) is 0. The zero-order chi connectivity index (χ0) is 49.5. The largest absolute Gasteiger partial charge is 0.456 e. The van der Waals surface area contributed by atoms with Gasteiger partial charge in [-0.2, -0.15) is 0 Å². The van der Waals surface area contributed by atoms with Gasteiger partial charge in [-0.25, -0.2) is 0 Å². The summed E-state index contributed by atoms with van der Waals surface area (Å²) in [5.41, 5.74) is 11.9. The predicted molar refractivity (Wildman–Crippen MR) is 298 cm³/mol. The minimum Gasteiger partial charge on any atom is -0.456 e. The minimum atomic E-state index is 0.255. The van der Waals surface area contributed by atoms with Gasteiger partial charge in [0.25, 0.3) is 0 Å². The lowest BCUT2D eigenvalue weighted by Gasteiger charge is -2.40. The molecule has 2 saturated heterocycles. The molecule has 8 aromatic carbocycles. The van der Waals surface area contributed by atoms with Gasteiger partial charge in [-0.15, -0.1) is 0 Å². The molecule has 0 amide bonds. The zero-order valence-electron chi connectivity index (χ0n) is 42.9. The van der Waals surface area contributed by atoms with Gasteiger partial charge >= 0.3 is 0 Å². The molecule has 3 heterocycles. The summed E-state index contributed by atoms with van der Waals surface area (Å²) in [4.78, 5) is 0. The monoisotopic (exact) mass is 975 g/mol. The van der Waals surface area contributed by atoms with Crippen LogP contribution >= 0.6 is 0 Å². The van der Waals surface area contributed by atoms with E-state index in [-0.39, 0.29) is 10.8 Å². The molecule has 7 heteroatoms. The fourth-order valence-electron chi connectivity index (χ4n) is 11.0. The standard InChI is InChI=1S/C66H70O7/c1-3-65(43-71-44-65)41-69-35-15-5-13-33-67-39-47-23-26-49(27-24-47)63-55-19-9-11-21-57(55)64(58-22-12-10-20-56(58)63)59-31-30-51(52-17-7-8-18-53(52)59)50-28-29-54-60-37-48(25-32-61(60)73-62(54)38-50)40-68-34-14-6-16-36-70-42-66(4-2)45-72-46-66/h7-12,17-32,37-38H,3-6,13-16,33-36,39-46H2,1-2H3. The van der Waals surface area contributed by atoms with Gasteiger partial charge in [0.05, 0.1) is 52.9 Å². The average Bonchev–Trinajstić information content (AvgIpc) is 3.78. The number of ether oxygens (including phenoxy) is 6. The van der Waals surface area contributed by atoms with Gasteiger partial charge in [-0.05, 0) is 152 Å². The van der Waals surface area contributed by atoms with E-state index in [4.69, 9.17) is 32.8 Å². The van der Waals surface area contributed by atoms with Crippen LogP contribution in [0.2, 0.25) is 0 Å². The minimum absolute atomic E-state index is 0.255. The molecule has 7 nitrogen and oxygen atoms in total. The highest BCUT2D eigenvalue weighted by Crippen LogP contribution is 2.47. The van der Waals surface area contributed by atoms with Crippen molar-refractivity contribution in [2.24, 2.45) is 10.8 Å². The number of unbranched alkanes of at least 4 members (excludes halogenated alkanes) is 4. The molecule has 0 aliphatic carbocycles. The maximum absolute atomic E-state index is 6.54. The van der Waals surface area contributed by atoms with Gasteiger partial charge in [-0.3, -0.25) is 0 Å². The number of hydrogen-bond acceptors (Lipinski definition) is 7. The maximum Gasteiger partial charge on any atom is 0.136 e. The molecule has 0 saturated carbocycles. The Morgan fingerprint density at radius 1 is 0.384 bits per heavy atom. The highest BCUT2D eigenvalue weighted by molar-refractivity contribution is 6.24. The van der Waals surface area contributed by atoms with E-state index < -0.39 is 0 Å². The molecular formula is C66H70O7. The average molecular weight is 975 g/mol. The van der Waals surface area contributed by atoms with Crippen molar-refractivity contribution in [2.45, 2.75) is 78.4 Å². The second kappa shape index (κ2) is 22.7. The third-order valence-electron chi connectivity index (χ3n) is 15.9. The number of fused-ring (bicyclic) bond motifs is 6. The van der Waals surface area contributed by atoms with Gasteiger partial charge in [-0.1, -0.05) is 135 Å². The normalized spacial score (nSPS) is 15.2. The Morgan fingerprint density at radius 3 is 1.41 bits per heavy atom. The molecule has 73 heavy (non-hydrogen) atoms. The van der Waals surface area contributed by atoms with Crippen molar-refractivity contribution >= 4 is 54.3 Å². The van der Waals surface area contributed by atoms with Crippen molar-refractivity contribution in [3.63, 3.8) is 0 Å². The first-order chi connectivity index (χ1) is 36.0. The van der Waals surface area contributed by atoms with E-state index in [9.17, 15) is 0 Å². The van der Waals surface area contributed by atoms with Crippen LogP contribution < -0.4 is 0 Å². The van der Waals surface area contributed by atoms with Crippen molar-refractivity contribution in [3.05, 3.63) is 157 Å². The van der Waals surface area contributed by atoms with E-state index in [2.05, 4.69) is 159 Å². The summed E-state index contributed by atoms with van der Waals surface area (Å²) in [6.45, 7) is 13.7. The molecular weight excluding hydrogens is 905 g/mol. The van der Waals surface area contributed by atoms with E-state index >= 15 is 0 Å². The molecule has 2 fully saturated rings. The fraction of sp³-hybridized carbons (Fsp3) is 0.364. The van der Waals surface area contributed by atoms with Crippen molar-refractivity contribution < 1.29 is 32.8 Å². The van der Waals surface area contributed by atoms with Crippen LogP contribution in [0.15, 0.2) is 150 Å². The number of furan rings is 1. The SMILES string of the molecule is CCC1(COCCCCCOCc2ccc(-c3c4ccccc4c(-c4ccc(-c5ccc6c(c5)oc5ccc(COCCCCCOCC7(CC)COC7)cc56)c5ccccc45)c4ccccc34)cc2)COC1. The molecule has 9 aromatic rings. The van der Waals surface area contributed by atoms with Crippen molar-refractivity contribution in [2.75, 3.05) is 66.1 Å². The van der Waals surface area contributed by atoms with Crippen molar-refractivity contribution in [1.82, 2.24) is 0 Å². The van der Waals surface area contributed by atoms with E-state index in [1.807, 2.05) is 0 Å². The second-order valence-corrected chi connectivity index (χ2v) is 20.9. The first-order valence-corrected chi connectivity index (χ1v) is 27.0. The Hall–Kier alpha value is -5.90. The lowest BCUT2D eigenvalue weighted by atomic mass is 9.83. The van der Waals surface area contributed by atoms with E-state index in [0.717, 1.165) is 151 Å². The smallest absolute Gasteiger partial charge is 0.136 e. The highest BCUT2D eigenvalue weighted by Gasteiger charge is 2.37. The van der Waals surface area contributed by atoms with E-state index in [1.165, 1.54) is 65.7 Å². The summed E-state index contributed by atoms with van der Waals surface area (Å²) in [6.07, 6.45) is 8.64. The lowest BCUT2D eigenvalue weighted by molar-refractivity contribution is -0.150. The molecule has 2 aliphatic heterocycles. The van der Waals surface area contributed by atoms with Crippen LogP contribution in [-0.2, 0) is 41.6 Å². The zero-order valence-corrected chi connectivity index (χ0v) is 42.9. The van der Waals surface area contributed by atoms with Gasteiger partial charge in [0.1, 0.15) is 11.2 Å². The summed E-state index contributed by atoms with van der Waals surface area (Å²) >= 11 is 0. The van der Waals surface area contributed by atoms with Crippen LogP contribution in [0.3, 0.4) is 0 Å². The summed E-state index contributed by atoms with van der Waals surface area (Å²) in [5.74, 6) is 0. The quantitative estimate of drug-likeness (QED) is 0.0417. The third kappa shape index (κ3) is 10.6. The second-order valence-electron chi connectivity index (χ2n) is 20.9. The summed E-state index contributed by atoms with van der Waals surface area (Å²) in [5, 5.41) is 9.62. The predicted octanol–water partition coefficient (Wildman–Crippen LogP) is 16.3. The molecule has 11 rings (SSSR count). The first kappa shape index (κ1) is 49.3. The van der Waals surface area contributed by atoms with Crippen molar-refractivity contribution in [3.8, 4) is 33.4 Å². The molecule has 0 spiro atoms. The van der Waals surface area contributed by atoms with Crippen LogP contribution in [0.1, 0.15) is 76.3 Å². The van der Waals surface area contributed by atoms with Gasteiger partial charge in [0.2, 0.25) is 0 Å². The summed E-state index contributed by atoms with van der Waals surface area (Å²) < 4.78 is 41.6. The molecule has 2 aliphatic rings. The maximum atomic E-state index is 6.54. The van der Waals surface area contributed by atoms with Crippen LogP contribution in [0.5, 0.6) is 0 Å². The number of rotatable bonds is 25. The Morgan fingerprint density at radius 2 is 0.863 bits per heavy atom. The topological polar surface area (TPSA) is 68.5 Å². The van der Waals surface area contributed by atoms with Crippen LogP contribution in [-0.4, -0.2) is 66.1 Å². The Kier molecular flexibility index (Phi) is 15.3. The van der Waals surface area contributed by atoms with E-state index in [0.29, 0.717) is 13.2 Å². The molecule has 0 unspecified atom stereocenters. The van der Waals surface area contributed by atoms with Gasteiger partial charge in [0, 0.05) is 48.0 Å². The van der Waals surface area contributed by atoms with E-state index in [1.54, 1.807) is 0 Å². The molecule has 376 valence electrons. The Labute approximate surface area is 430 Å². The summed E-state index contributed by atoms with van der Waals surface area (Å²) in [6, 6.07) is 53.5. The fourth-order valence-corrected chi connectivity index (χ4v) is 11.0. The molecule has 0 atom stereocenters. The summed E-state index contributed by atoms with van der Waals surface area (Å²) in [7, 11) is 0. The molecule has 0 bridgehead atoms. The molecule has 1 aromatic heterocycles. The van der Waals surface area contributed by atoms with Crippen LogP contribution in [0.4, 0.5) is 0 Å². The molecule has 0 N–H and O–H groups in total. The first-order valence-electron chi connectivity index (χ1n) is 27.0. The third-order valence-corrected chi connectivity index (χ3v) is 15.9. The van der Waals surface area contributed by atoms with Crippen LogP contribution in [0, 0.1) is 10.8 Å². The van der Waals surface area contributed by atoms with Crippen LogP contribution in [0.25, 0.3) is 87.6 Å². The highest BCUT2D eigenvalue weighted by atomic mass is 16.5. The van der Waals surface area contributed by atoms with Gasteiger partial charge < -0.3 is 32.8 Å². The lowest BCUT2D eigenvalue weighted by Crippen LogP contribution is -2.45. The Balaban J connectivity index is 0.775. The Bertz CT molecular complexity index is 3240.